The van der Waals surface area contributed by atoms with Crippen LogP contribution in [0.2, 0.25) is 0 Å². The topological polar surface area (TPSA) is 67.1 Å². The Hall–Kier alpha value is -2.51. The molecule has 0 aliphatic heterocycles. The van der Waals surface area contributed by atoms with E-state index >= 15 is 0 Å². The first-order valence-electron chi connectivity index (χ1n) is 6.31. The number of nitrogens with zero attached hydrogens (tertiary/aromatic N) is 4. The smallest absolute Gasteiger partial charge is 0.191 e. The molecule has 0 spiro atoms. The molecule has 0 bridgehead atoms. The molecule has 2 N–H and O–H groups in total. The van der Waals surface area contributed by atoms with E-state index in [-0.39, 0.29) is 12.1 Å². The standard InChI is InChI=1S/C13H16F2N6/c1-16-13(18-7-12-20-19-8-21(12)2)17-6-9-5-10(14)3-4-11(9)15/h3-5,8H,6-7H2,1-2H3,(H2,16,17,18). The lowest BCUT2D eigenvalue weighted by molar-refractivity contribution is 0.581. The highest BCUT2D eigenvalue weighted by Gasteiger charge is 2.06. The minimum absolute atomic E-state index is 0.127. The largest absolute Gasteiger partial charge is 0.352 e. The van der Waals surface area contributed by atoms with E-state index in [0.29, 0.717) is 12.5 Å². The van der Waals surface area contributed by atoms with Gasteiger partial charge in [-0.05, 0) is 18.2 Å². The first kappa shape index (κ1) is 14.9. The Bertz CT molecular complexity index is 637. The van der Waals surface area contributed by atoms with E-state index in [1.54, 1.807) is 17.9 Å². The molecule has 0 fully saturated rings. The first-order chi connectivity index (χ1) is 10.1. The molecular weight excluding hydrogens is 278 g/mol. The van der Waals surface area contributed by atoms with Gasteiger partial charge in [-0.1, -0.05) is 0 Å². The molecule has 0 aliphatic carbocycles. The van der Waals surface area contributed by atoms with E-state index in [4.69, 9.17) is 0 Å². The van der Waals surface area contributed by atoms with Crippen LogP contribution in [-0.2, 0) is 20.1 Å². The van der Waals surface area contributed by atoms with Gasteiger partial charge >= 0.3 is 0 Å². The van der Waals surface area contributed by atoms with E-state index in [2.05, 4.69) is 25.8 Å². The maximum absolute atomic E-state index is 13.5. The van der Waals surface area contributed by atoms with Gasteiger partial charge in [0.05, 0.1) is 6.54 Å². The van der Waals surface area contributed by atoms with Crippen LogP contribution < -0.4 is 10.6 Å². The van der Waals surface area contributed by atoms with Crippen LogP contribution in [-0.4, -0.2) is 27.8 Å². The molecule has 0 amide bonds. The van der Waals surface area contributed by atoms with Crippen LogP contribution in [0.5, 0.6) is 0 Å². The summed E-state index contributed by atoms with van der Waals surface area (Å²) in [5.74, 6) is 0.249. The number of aliphatic imine (C=N–C) groups is 1. The molecule has 8 heteroatoms. The number of halogens is 2. The van der Waals surface area contributed by atoms with Crippen molar-refractivity contribution >= 4 is 5.96 Å². The minimum atomic E-state index is -0.477. The molecule has 2 rings (SSSR count). The van der Waals surface area contributed by atoms with Crippen LogP contribution in [0.25, 0.3) is 0 Å². The third kappa shape index (κ3) is 3.98. The summed E-state index contributed by atoms with van der Waals surface area (Å²) < 4.78 is 28.3. The number of nitrogens with one attached hydrogen (secondary N) is 2. The van der Waals surface area contributed by atoms with Crippen molar-refractivity contribution in [3.63, 3.8) is 0 Å². The van der Waals surface area contributed by atoms with Gasteiger partial charge in [0, 0.05) is 26.2 Å². The molecule has 1 heterocycles. The molecule has 112 valence electrons. The lowest BCUT2D eigenvalue weighted by Crippen LogP contribution is -2.37. The van der Waals surface area contributed by atoms with Gasteiger partial charge in [-0.3, -0.25) is 4.99 Å². The van der Waals surface area contributed by atoms with Crippen molar-refractivity contribution in [3.05, 3.63) is 47.5 Å². The van der Waals surface area contributed by atoms with Crippen LogP contribution in [0, 0.1) is 11.6 Å². The molecule has 0 saturated heterocycles. The lowest BCUT2D eigenvalue weighted by atomic mass is 10.2. The molecule has 6 nitrogen and oxygen atoms in total. The highest BCUT2D eigenvalue weighted by molar-refractivity contribution is 5.79. The summed E-state index contributed by atoms with van der Waals surface area (Å²) in [6, 6.07) is 3.33. The highest BCUT2D eigenvalue weighted by atomic mass is 19.1. The van der Waals surface area contributed by atoms with E-state index in [9.17, 15) is 8.78 Å². The molecule has 1 aromatic heterocycles. The highest BCUT2D eigenvalue weighted by Crippen LogP contribution is 2.09. The summed E-state index contributed by atoms with van der Waals surface area (Å²) in [5, 5.41) is 13.6. The van der Waals surface area contributed by atoms with Gasteiger partial charge in [0.2, 0.25) is 0 Å². The first-order valence-corrected chi connectivity index (χ1v) is 6.31. The Labute approximate surface area is 120 Å². The van der Waals surface area contributed by atoms with Crippen molar-refractivity contribution in [3.8, 4) is 0 Å². The third-order valence-corrected chi connectivity index (χ3v) is 2.90. The van der Waals surface area contributed by atoms with Gasteiger partial charge in [0.1, 0.15) is 18.0 Å². The average Bonchev–Trinajstić information content (AvgIpc) is 2.88. The molecule has 1 aromatic carbocycles. The summed E-state index contributed by atoms with van der Waals surface area (Å²) in [5.41, 5.74) is 0.233. The number of hydrogen-bond donors (Lipinski definition) is 2. The minimum Gasteiger partial charge on any atom is -0.352 e. The lowest BCUT2D eigenvalue weighted by Gasteiger charge is -2.12. The summed E-state index contributed by atoms with van der Waals surface area (Å²) in [6.45, 7) is 0.546. The second-order valence-electron chi connectivity index (χ2n) is 4.37. The fraction of sp³-hybridized carbons (Fsp3) is 0.308. The summed E-state index contributed by atoms with van der Waals surface area (Å²) in [4.78, 5) is 4.01. The zero-order valence-corrected chi connectivity index (χ0v) is 11.8. The summed E-state index contributed by atoms with van der Waals surface area (Å²) >= 11 is 0. The van der Waals surface area contributed by atoms with Gasteiger partial charge in [0.15, 0.2) is 11.8 Å². The molecule has 0 aliphatic rings. The monoisotopic (exact) mass is 294 g/mol. The molecule has 0 radical (unpaired) electrons. The van der Waals surface area contributed by atoms with E-state index in [1.165, 1.54) is 0 Å². The Morgan fingerprint density at radius 3 is 2.71 bits per heavy atom. The summed E-state index contributed by atoms with van der Waals surface area (Å²) in [7, 11) is 3.42. The molecule has 21 heavy (non-hydrogen) atoms. The van der Waals surface area contributed by atoms with Crippen molar-refractivity contribution in [2.24, 2.45) is 12.0 Å². The normalized spacial score (nSPS) is 11.5. The van der Waals surface area contributed by atoms with Crippen molar-refractivity contribution in [1.82, 2.24) is 25.4 Å². The number of aryl methyl sites for hydroxylation is 1. The molecular formula is C13H16F2N6. The summed E-state index contributed by atoms with van der Waals surface area (Å²) in [6.07, 6.45) is 1.59. The predicted octanol–water partition coefficient (Wildman–Crippen LogP) is 0.958. The quantitative estimate of drug-likeness (QED) is 0.651. The van der Waals surface area contributed by atoms with Crippen LogP contribution in [0.4, 0.5) is 8.78 Å². The number of rotatable bonds is 4. The van der Waals surface area contributed by atoms with Crippen molar-refractivity contribution in [1.29, 1.82) is 0 Å². The van der Waals surface area contributed by atoms with Gasteiger partial charge in [-0.15, -0.1) is 10.2 Å². The van der Waals surface area contributed by atoms with Crippen LogP contribution in [0.3, 0.4) is 0 Å². The Balaban J connectivity index is 1.91. The maximum Gasteiger partial charge on any atom is 0.191 e. The fourth-order valence-electron chi connectivity index (χ4n) is 1.71. The molecule has 0 atom stereocenters. The Kier molecular flexibility index (Phi) is 4.81. The Morgan fingerprint density at radius 2 is 2.05 bits per heavy atom. The van der Waals surface area contributed by atoms with Gasteiger partial charge in [0.25, 0.3) is 0 Å². The van der Waals surface area contributed by atoms with E-state index in [1.807, 2.05) is 7.05 Å². The molecule has 2 aromatic rings. The second kappa shape index (κ2) is 6.78. The number of aromatic nitrogens is 3. The van der Waals surface area contributed by atoms with Crippen LogP contribution in [0.15, 0.2) is 29.5 Å². The third-order valence-electron chi connectivity index (χ3n) is 2.90. The van der Waals surface area contributed by atoms with Crippen LogP contribution >= 0.6 is 0 Å². The fourth-order valence-corrected chi connectivity index (χ4v) is 1.71. The number of hydrogen-bond acceptors (Lipinski definition) is 3. The maximum atomic E-state index is 13.5. The zero-order valence-electron chi connectivity index (χ0n) is 11.8. The average molecular weight is 294 g/mol. The van der Waals surface area contributed by atoms with Crippen LogP contribution in [0.1, 0.15) is 11.4 Å². The number of benzene rings is 1. The SMILES string of the molecule is CN=C(NCc1cc(F)ccc1F)NCc1nncn1C. The molecule has 0 unspecified atom stereocenters. The van der Waals surface area contributed by atoms with Crippen molar-refractivity contribution < 1.29 is 8.78 Å². The second-order valence-corrected chi connectivity index (χ2v) is 4.37. The van der Waals surface area contributed by atoms with Gasteiger partial charge < -0.3 is 15.2 Å². The van der Waals surface area contributed by atoms with Gasteiger partial charge in [-0.25, -0.2) is 8.78 Å². The predicted molar refractivity (Wildman–Crippen MR) is 74.4 cm³/mol. The number of guanidine groups is 1. The van der Waals surface area contributed by atoms with Gasteiger partial charge in [-0.2, -0.15) is 0 Å². The molecule has 0 saturated carbocycles. The zero-order chi connectivity index (χ0) is 15.2. The van der Waals surface area contributed by atoms with Crippen molar-refractivity contribution in [2.75, 3.05) is 7.05 Å². The van der Waals surface area contributed by atoms with E-state index < -0.39 is 11.6 Å². The Morgan fingerprint density at radius 1 is 1.29 bits per heavy atom. The van der Waals surface area contributed by atoms with E-state index in [0.717, 1.165) is 24.0 Å². The van der Waals surface area contributed by atoms with Crippen molar-refractivity contribution in [2.45, 2.75) is 13.1 Å².